The van der Waals surface area contributed by atoms with Crippen molar-refractivity contribution in [3.63, 3.8) is 0 Å². The number of rotatable bonds is 4. The molecular weight excluding hydrogens is 320 g/mol. The van der Waals surface area contributed by atoms with Gasteiger partial charge in [0.15, 0.2) is 0 Å². The molecule has 0 aliphatic heterocycles. The van der Waals surface area contributed by atoms with Crippen molar-refractivity contribution in [1.82, 2.24) is 0 Å². The molecule has 0 unspecified atom stereocenters. The largest absolute Gasteiger partial charge is 0.478 e. The third-order valence-electron chi connectivity index (χ3n) is 2.59. The normalized spacial score (nSPS) is 10.7. The topological polar surface area (TPSA) is 46.5 Å². The second kappa shape index (κ2) is 6.39. The van der Waals surface area contributed by atoms with Gasteiger partial charge in [-0.05, 0) is 43.3 Å². The van der Waals surface area contributed by atoms with E-state index in [0.717, 1.165) is 21.7 Å². The molecule has 0 amide bonds. The van der Waals surface area contributed by atoms with Gasteiger partial charge in [-0.2, -0.15) is 0 Å². The molecule has 2 aromatic carbocycles. The first kappa shape index (κ1) is 14.3. The number of carbonyl (C=O) groups is 1. The van der Waals surface area contributed by atoms with Crippen LogP contribution in [0.3, 0.4) is 0 Å². The number of carboxylic acids is 1. The van der Waals surface area contributed by atoms with Gasteiger partial charge in [-0.1, -0.05) is 33.6 Å². The van der Waals surface area contributed by atoms with Crippen LogP contribution in [-0.2, 0) is 4.79 Å². The fourth-order valence-corrected chi connectivity index (χ4v) is 2.09. The van der Waals surface area contributed by atoms with Crippen molar-refractivity contribution >= 4 is 28.0 Å². The average molecular weight is 333 g/mol. The minimum atomic E-state index is -0.986. The van der Waals surface area contributed by atoms with Gasteiger partial charge < -0.3 is 9.84 Å². The highest BCUT2D eigenvalue weighted by atomic mass is 79.9. The summed E-state index contributed by atoms with van der Waals surface area (Å²) < 4.78 is 6.72. The summed E-state index contributed by atoms with van der Waals surface area (Å²) in [4.78, 5) is 10.6. The van der Waals surface area contributed by atoms with Gasteiger partial charge in [0.25, 0.3) is 0 Å². The molecule has 102 valence electrons. The van der Waals surface area contributed by atoms with Crippen molar-refractivity contribution in [3.05, 3.63) is 64.1 Å². The van der Waals surface area contributed by atoms with Crippen LogP contribution in [0.25, 0.3) is 6.08 Å². The van der Waals surface area contributed by atoms with Crippen LogP contribution < -0.4 is 4.74 Å². The average Bonchev–Trinajstić information content (AvgIpc) is 2.39. The number of hydrogen-bond acceptors (Lipinski definition) is 2. The minimum absolute atomic E-state index is 0.617. The molecule has 4 heteroatoms. The van der Waals surface area contributed by atoms with Crippen LogP contribution in [0.2, 0.25) is 0 Å². The number of ether oxygens (including phenoxy) is 1. The molecule has 0 heterocycles. The molecule has 3 nitrogen and oxygen atoms in total. The minimum Gasteiger partial charge on any atom is -0.478 e. The fraction of sp³-hybridized carbons (Fsp3) is 0.0625. The Morgan fingerprint density at radius 3 is 2.75 bits per heavy atom. The maximum Gasteiger partial charge on any atom is 0.328 e. The van der Waals surface area contributed by atoms with Crippen LogP contribution in [-0.4, -0.2) is 11.1 Å². The van der Waals surface area contributed by atoms with Gasteiger partial charge >= 0.3 is 5.97 Å². The third-order valence-corrected chi connectivity index (χ3v) is 3.09. The Morgan fingerprint density at radius 2 is 2.05 bits per heavy atom. The SMILES string of the molecule is Cc1ccc(Oc2cccc(Br)c2)c(/C=C/C(=O)O)c1. The number of hydrogen-bond donors (Lipinski definition) is 1. The highest BCUT2D eigenvalue weighted by Crippen LogP contribution is 2.28. The van der Waals surface area contributed by atoms with Crippen molar-refractivity contribution in [2.45, 2.75) is 6.92 Å². The quantitative estimate of drug-likeness (QED) is 0.829. The van der Waals surface area contributed by atoms with E-state index in [1.54, 1.807) is 0 Å². The highest BCUT2D eigenvalue weighted by Gasteiger charge is 2.04. The Labute approximate surface area is 125 Å². The van der Waals surface area contributed by atoms with Crippen LogP contribution in [0.5, 0.6) is 11.5 Å². The zero-order valence-corrected chi connectivity index (χ0v) is 12.4. The molecule has 0 radical (unpaired) electrons. The Kier molecular flexibility index (Phi) is 4.58. The van der Waals surface area contributed by atoms with Crippen molar-refractivity contribution in [1.29, 1.82) is 0 Å². The molecule has 0 spiro atoms. The number of aryl methyl sites for hydroxylation is 1. The molecule has 0 bridgehead atoms. The predicted octanol–water partition coefficient (Wildman–Crippen LogP) is 4.65. The molecule has 2 aromatic rings. The van der Waals surface area contributed by atoms with Crippen LogP contribution in [0.1, 0.15) is 11.1 Å². The summed E-state index contributed by atoms with van der Waals surface area (Å²) in [5, 5.41) is 8.73. The predicted molar refractivity (Wildman–Crippen MR) is 82.1 cm³/mol. The van der Waals surface area contributed by atoms with E-state index in [1.165, 1.54) is 6.08 Å². The Hall–Kier alpha value is -2.07. The van der Waals surface area contributed by atoms with E-state index in [2.05, 4.69) is 15.9 Å². The number of carboxylic acid groups (broad SMARTS) is 1. The zero-order valence-electron chi connectivity index (χ0n) is 10.8. The summed E-state index contributed by atoms with van der Waals surface area (Å²) in [5.74, 6) is 0.319. The molecule has 2 rings (SSSR count). The highest BCUT2D eigenvalue weighted by molar-refractivity contribution is 9.10. The molecule has 1 N–H and O–H groups in total. The van der Waals surface area contributed by atoms with E-state index in [-0.39, 0.29) is 0 Å². The summed E-state index contributed by atoms with van der Waals surface area (Å²) in [5.41, 5.74) is 1.77. The van der Waals surface area contributed by atoms with E-state index < -0.39 is 5.97 Å². The standard InChI is InChI=1S/C16H13BrO3/c1-11-5-7-15(12(9-11)6-8-16(18)19)20-14-4-2-3-13(17)10-14/h2-10H,1H3,(H,18,19)/b8-6+. The fourth-order valence-electron chi connectivity index (χ4n) is 1.71. The summed E-state index contributed by atoms with van der Waals surface area (Å²) in [6, 6.07) is 13.1. The summed E-state index contributed by atoms with van der Waals surface area (Å²) in [6.45, 7) is 1.95. The maximum absolute atomic E-state index is 10.6. The van der Waals surface area contributed by atoms with Gasteiger partial charge in [0, 0.05) is 16.1 Å². The Bertz CT molecular complexity index is 663. The van der Waals surface area contributed by atoms with E-state index >= 15 is 0 Å². The monoisotopic (exact) mass is 332 g/mol. The molecular formula is C16H13BrO3. The van der Waals surface area contributed by atoms with Crippen LogP contribution in [0, 0.1) is 6.92 Å². The molecule has 0 atom stereocenters. The Morgan fingerprint density at radius 1 is 1.25 bits per heavy atom. The molecule has 0 saturated heterocycles. The molecule has 0 fully saturated rings. The Balaban J connectivity index is 2.33. The van der Waals surface area contributed by atoms with Gasteiger partial charge in [0.1, 0.15) is 11.5 Å². The van der Waals surface area contributed by atoms with Crippen LogP contribution in [0.4, 0.5) is 0 Å². The lowest BCUT2D eigenvalue weighted by Gasteiger charge is -2.10. The smallest absolute Gasteiger partial charge is 0.328 e. The van der Waals surface area contributed by atoms with E-state index in [0.29, 0.717) is 11.5 Å². The van der Waals surface area contributed by atoms with Crippen molar-refractivity contribution < 1.29 is 14.6 Å². The molecule has 0 saturated carbocycles. The molecule has 0 aromatic heterocycles. The summed E-state index contributed by atoms with van der Waals surface area (Å²) in [7, 11) is 0. The van der Waals surface area contributed by atoms with Crippen molar-refractivity contribution in [2.75, 3.05) is 0 Å². The van der Waals surface area contributed by atoms with Gasteiger partial charge in [-0.3, -0.25) is 0 Å². The molecule has 0 aliphatic rings. The van der Waals surface area contributed by atoms with E-state index in [4.69, 9.17) is 9.84 Å². The first-order chi connectivity index (χ1) is 9.54. The van der Waals surface area contributed by atoms with Gasteiger partial charge in [0.2, 0.25) is 0 Å². The number of halogens is 1. The van der Waals surface area contributed by atoms with Crippen LogP contribution >= 0.6 is 15.9 Å². The zero-order chi connectivity index (χ0) is 14.5. The lowest BCUT2D eigenvalue weighted by molar-refractivity contribution is -0.131. The van der Waals surface area contributed by atoms with Gasteiger partial charge in [-0.25, -0.2) is 4.79 Å². The molecule has 0 aliphatic carbocycles. The first-order valence-electron chi connectivity index (χ1n) is 6.00. The van der Waals surface area contributed by atoms with Crippen molar-refractivity contribution in [2.24, 2.45) is 0 Å². The second-order valence-electron chi connectivity index (χ2n) is 4.27. The van der Waals surface area contributed by atoms with Crippen molar-refractivity contribution in [3.8, 4) is 11.5 Å². The number of benzene rings is 2. The maximum atomic E-state index is 10.6. The summed E-state index contributed by atoms with van der Waals surface area (Å²) >= 11 is 3.38. The lowest BCUT2D eigenvalue weighted by atomic mass is 10.1. The molecule has 20 heavy (non-hydrogen) atoms. The van der Waals surface area contributed by atoms with E-state index in [9.17, 15) is 4.79 Å². The third kappa shape index (κ3) is 3.96. The number of aliphatic carboxylic acids is 1. The van der Waals surface area contributed by atoms with Crippen LogP contribution in [0.15, 0.2) is 53.0 Å². The second-order valence-corrected chi connectivity index (χ2v) is 5.19. The van der Waals surface area contributed by atoms with Gasteiger partial charge in [-0.15, -0.1) is 0 Å². The van der Waals surface area contributed by atoms with Gasteiger partial charge in [0.05, 0.1) is 0 Å². The van der Waals surface area contributed by atoms with E-state index in [1.807, 2.05) is 49.4 Å². The first-order valence-corrected chi connectivity index (χ1v) is 6.79. The summed E-state index contributed by atoms with van der Waals surface area (Å²) in [6.07, 6.45) is 2.63. The lowest BCUT2D eigenvalue weighted by Crippen LogP contribution is -1.90.